The molecule has 4 rings (SSSR count). The molecule has 1 fully saturated rings. The average molecular weight is 480 g/mol. The number of hydrogen-bond donors (Lipinski definition) is 1. The fourth-order valence-corrected chi connectivity index (χ4v) is 4.08. The zero-order valence-corrected chi connectivity index (χ0v) is 17.9. The molecule has 0 radical (unpaired) electrons. The van der Waals surface area contributed by atoms with Crippen molar-refractivity contribution in [1.82, 2.24) is 15.4 Å². The first-order valence-electron chi connectivity index (χ1n) is 9.30. The first-order chi connectivity index (χ1) is 14.4. The molecular formula is C20H19BrFN3O5. The third-order valence-electron chi connectivity index (χ3n) is 4.99. The largest absolute Gasteiger partial charge is 0.448 e. The van der Waals surface area contributed by atoms with Crippen LogP contribution in [0.25, 0.3) is 11.0 Å². The number of amides is 2. The van der Waals surface area contributed by atoms with Crippen molar-refractivity contribution < 1.29 is 27.7 Å². The smallest absolute Gasteiger partial charge is 0.292 e. The summed E-state index contributed by atoms with van der Waals surface area (Å²) in [5.74, 6) is -1.18. The molecule has 2 unspecified atom stereocenters. The number of aromatic nitrogens is 1. The van der Waals surface area contributed by atoms with Gasteiger partial charge in [0.2, 0.25) is 5.76 Å². The summed E-state index contributed by atoms with van der Waals surface area (Å²) in [5.41, 5.74) is 0.554. The second-order valence-corrected chi connectivity index (χ2v) is 8.16. The monoisotopic (exact) mass is 479 g/mol. The van der Waals surface area contributed by atoms with Crippen LogP contribution in [-0.2, 0) is 11.3 Å². The Hall–Kier alpha value is -2.72. The Bertz CT molecular complexity index is 1110. The van der Waals surface area contributed by atoms with E-state index in [1.165, 1.54) is 19.2 Å². The van der Waals surface area contributed by atoms with Crippen LogP contribution < -0.4 is 5.32 Å². The van der Waals surface area contributed by atoms with Crippen LogP contribution in [0.1, 0.15) is 40.1 Å². The van der Waals surface area contributed by atoms with Crippen LogP contribution in [-0.4, -0.2) is 47.6 Å². The number of nitrogens with zero attached hydrogens (tertiary/aromatic N) is 2. The second kappa shape index (κ2) is 8.19. The van der Waals surface area contributed by atoms with E-state index >= 15 is 0 Å². The number of ether oxygens (including phenoxy) is 1. The van der Waals surface area contributed by atoms with Gasteiger partial charge in [-0.1, -0.05) is 21.1 Å². The van der Waals surface area contributed by atoms with E-state index in [0.29, 0.717) is 28.5 Å². The van der Waals surface area contributed by atoms with E-state index in [2.05, 4.69) is 26.4 Å². The maximum Gasteiger partial charge on any atom is 0.292 e. The standard InChI is InChI=1S/C20H19BrFN3O5/c1-10-3-13(8-25(10)20(27)17-7-14(9-28-2)24-30-17)23-19(26)16-5-11-4-12(21)6-15(22)18(11)29-16/h4-7,10,13H,3,8-9H2,1-2H3,(H,23,26). The van der Waals surface area contributed by atoms with Gasteiger partial charge in [0, 0.05) is 41.7 Å². The van der Waals surface area contributed by atoms with Crippen LogP contribution in [0.5, 0.6) is 0 Å². The van der Waals surface area contributed by atoms with E-state index in [-0.39, 0.29) is 41.7 Å². The maximum atomic E-state index is 14.0. The predicted octanol–water partition coefficient (Wildman–Crippen LogP) is 3.50. The normalized spacial score (nSPS) is 18.9. The van der Waals surface area contributed by atoms with Crippen LogP contribution in [0.15, 0.2) is 37.7 Å². The Balaban J connectivity index is 1.44. The molecule has 0 aliphatic carbocycles. The highest BCUT2D eigenvalue weighted by molar-refractivity contribution is 9.10. The topological polar surface area (TPSA) is 97.8 Å². The van der Waals surface area contributed by atoms with Crippen molar-refractivity contribution >= 4 is 38.7 Å². The average Bonchev–Trinajstić information content (AvgIpc) is 3.40. The number of hydrogen-bond acceptors (Lipinski definition) is 6. The molecule has 1 aromatic carbocycles. The van der Waals surface area contributed by atoms with E-state index in [1.54, 1.807) is 17.0 Å². The van der Waals surface area contributed by atoms with Crippen LogP contribution in [0, 0.1) is 5.82 Å². The Kier molecular flexibility index (Phi) is 5.61. The van der Waals surface area contributed by atoms with Crippen LogP contribution in [0.2, 0.25) is 0 Å². The van der Waals surface area contributed by atoms with Gasteiger partial charge in [0.15, 0.2) is 17.2 Å². The lowest BCUT2D eigenvalue weighted by Gasteiger charge is -2.19. The molecule has 158 valence electrons. The van der Waals surface area contributed by atoms with E-state index in [4.69, 9.17) is 13.7 Å². The Morgan fingerprint density at radius 3 is 2.90 bits per heavy atom. The molecule has 0 bridgehead atoms. The molecule has 1 saturated heterocycles. The van der Waals surface area contributed by atoms with Gasteiger partial charge >= 0.3 is 0 Å². The molecule has 0 saturated carbocycles. The number of nitrogens with one attached hydrogen (secondary N) is 1. The number of carbonyl (C=O) groups excluding carboxylic acids is 2. The van der Waals surface area contributed by atoms with Crippen LogP contribution in [0.3, 0.4) is 0 Å². The van der Waals surface area contributed by atoms with Gasteiger partial charge < -0.3 is 23.9 Å². The van der Waals surface area contributed by atoms with Gasteiger partial charge in [-0.15, -0.1) is 0 Å². The summed E-state index contributed by atoms with van der Waals surface area (Å²) >= 11 is 3.22. The highest BCUT2D eigenvalue weighted by Crippen LogP contribution is 2.27. The first-order valence-corrected chi connectivity index (χ1v) is 10.1. The van der Waals surface area contributed by atoms with Gasteiger partial charge in [-0.2, -0.15) is 0 Å². The number of methoxy groups -OCH3 is 1. The lowest BCUT2D eigenvalue weighted by Crippen LogP contribution is -2.39. The number of carbonyl (C=O) groups is 2. The zero-order chi connectivity index (χ0) is 21.4. The fraction of sp³-hybridized carbons (Fsp3) is 0.350. The minimum absolute atomic E-state index is 0.0128. The van der Waals surface area contributed by atoms with Crippen LogP contribution >= 0.6 is 15.9 Å². The molecule has 2 atom stereocenters. The lowest BCUT2D eigenvalue weighted by molar-refractivity contribution is 0.0698. The molecule has 1 aliphatic heterocycles. The van der Waals surface area contributed by atoms with Crippen LogP contribution in [0.4, 0.5) is 4.39 Å². The number of fused-ring (bicyclic) bond motifs is 1. The molecule has 2 aromatic heterocycles. The number of rotatable bonds is 5. The number of benzene rings is 1. The van der Waals surface area contributed by atoms with Crippen molar-refractivity contribution in [3.05, 3.63) is 51.8 Å². The summed E-state index contributed by atoms with van der Waals surface area (Å²) in [7, 11) is 1.53. The molecular weight excluding hydrogens is 461 g/mol. The molecule has 2 amide bonds. The van der Waals surface area contributed by atoms with Crippen molar-refractivity contribution in [2.24, 2.45) is 0 Å². The summed E-state index contributed by atoms with van der Waals surface area (Å²) < 4.78 is 30.1. The van der Waals surface area contributed by atoms with Crippen molar-refractivity contribution in [3.63, 3.8) is 0 Å². The summed E-state index contributed by atoms with van der Waals surface area (Å²) in [6.45, 7) is 2.45. The highest BCUT2D eigenvalue weighted by Gasteiger charge is 2.35. The van der Waals surface area contributed by atoms with E-state index in [1.807, 2.05) is 6.92 Å². The molecule has 1 N–H and O–H groups in total. The van der Waals surface area contributed by atoms with Gasteiger partial charge in [0.05, 0.1) is 6.61 Å². The molecule has 3 aromatic rings. The Morgan fingerprint density at radius 1 is 1.33 bits per heavy atom. The third kappa shape index (κ3) is 3.97. The van der Waals surface area contributed by atoms with Crippen molar-refractivity contribution in [2.75, 3.05) is 13.7 Å². The highest BCUT2D eigenvalue weighted by atomic mass is 79.9. The molecule has 3 heterocycles. The first kappa shape index (κ1) is 20.5. The third-order valence-corrected chi connectivity index (χ3v) is 5.45. The Morgan fingerprint density at radius 2 is 2.13 bits per heavy atom. The fourth-order valence-electron chi connectivity index (χ4n) is 3.63. The maximum absolute atomic E-state index is 14.0. The van der Waals surface area contributed by atoms with Gasteiger partial charge in [0.25, 0.3) is 11.8 Å². The van der Waals surface area contributed by atoms with Gasteiger partial charge in [0.1, 0.15) is 5.69 Å². The Labute approximate surface area is 179 Å². The molecule has 30 heavy (non-hydrogen) atoms. The van der Waals surface area contributed by atoms with E-state index in [9.17, 15) is 14.0 Å². The molecule has 0 spiro atoms. The SMILES string of the molecule is COCc1cc(C(=O)N2CC(NC(=O)c3cc4cc(Br)cc(F)c4o3)CC2C)on1. The summed E-state index contributed by atoms with van der Waals surface area (Å²) in [6.07, 6.45) is 0.566. The van der Waals surface area contributed by atoms with E-state index < -0.39 is 11.7 Å². The van der Waals surface area contributed by atoms with Gasteiger partial charge in [-0.05, 0) is 31.5 Å². The predicted molar refractivity (Wildman–Crippen MR) is 107 cm³/mol. The molecule has 10 heteroatoms. The number of furan rings is 1. The minimum atomic E-state index is -0.551. The quantitative estimate of drug-likeness (QED) is 0.601. The zero-order valence-electron chi connectivity index (χ0n) is 16.3. The minimum Gasteiger partial charge on any atom is -0.448 e. The summed E-state index contributed by atoms with van der Waals surface area (Å²) in [4.78, 5) is 27.0. The second-order valence-electron chi connectivity index (χ2n) is 7.24. The lowest BCUT2D eigenvalue weighted by atomic mass is 10.2. The number of likely N-dealkylation sites (tertiary alicyclic amines) is 1. The summed E-state index contributed by atoms with van der Waals surface area (Å²) in [6, 6.07) is 5.60. The van der Waals surface area contributed by atoms with E-state index in [0.717, 1.165) is 0 Å². The van der Waals surface area contributed by atoms with Crippen molar-refractivity contribution in [3.8, 4) is 0 Å². The molecule has 8 nitrogen and oxygen atoms in total. The molecule has 1 aliphatic rings. The summed E-state index contributed by atoms with van der Waals surface area (Å²) in [5, 5.41) is 7.14. The van der Waals surface area contributed by atoms with Crippen molar-refractivity contribution in [1.29, 1.82) is 0 Å². The van der Waals surface area contributed by atoms with Crippen molar-refractivity contribution in [2.45, 2.75) is 32.0 Å². The number of halogens is 2. The van der Waals surface area contributed by atoms with Gasteiger partial charge in [-0.25, -0.2) is 4.39 Å². The van der Waals surface area contributed by atoms with Gasteiger partial charge in [-0.3, -0.25) is 9.59 Å².